The third kappa shape index (κ3) is 3.09. The maximum atomic E-state index is 13.3. The van der Waals surface area contributed by atoms with Crippen molar-refractivity contribution in [2.75, 3.05) is 7.11 Å². The fraction of sp³-hybridized carbons (Fsp3) is 0.143. The highest BCUT2D eigenvalue weighted by Crippen LogP contribution is 2.19. The molecule has 5 heteroatoms. The molecule has 2 rings (SSSR count). The third-order valence-corrected chi connectivity index (χ3v) is 2.92. The van der Waals surface area contributed by atoms with Crippen LogP contribution < -0.4 is 4.74 Å². The molecule has 19 heavy (non-hydrogen) atoms. The van der Waals surface area contributed by atoms with Crippen molar-refractivity contribution in [1.82, 2.24) is 4.98 Å². The van der Waals surface area contributed by atoms with Crippen LogP contribution in [-0.4, -0.2) is 17.9 Å². The van der Waals surface area contributed by atoms with Gasteiger partial charge >= 0.3 is 0 Å². The lowest BCUT2D eigenvalue weighted by atomic mass is 10.0. The number of benzene rings is 1. The minimum Gasteiger partial charge on any atom is -0.480 e. The molecule has 2 aromatic rings. The number of hydrogen-bond acceptors (Lipinski definition) is 3. The summed E-state index contributed by atoms with van der Waals surface area (Å²) in [4.78, 5) is 16.1. The zero-order valence-electron chi connectivity index (χ0n) is 10.2. The molecule has 1 aromatic carbocycles. The molecule has 1 heterocycles. The molecule has 0 saturated heterocycles. The summed E-state index contributed by atoms with van der Waals surface area (Å²) < 4.78 is 18.3. The Morgan fingerprint density at radius 1 is 1.42 bits per heavy atom. The van der Waals surface area contributed by atoms with Crippen LogP contribution in [0.25, 0.3) is 0 Å². The lowest BCUT2D eigenvalue weighted by molar-refractivity contribution is 0.0989. The zero-order valence-corrected chi connectivity index (χ0v) is 10.9. The number of Topliss-reactive ketones (excluding diaryl/α,β-unsaturated/α-hetero) is 1. The van der Waals surface area contributed by atoms with Gasteiger partial charge in [-0.25, -0.2) is 9.37 Å². The van der Waals surface area contributed by atoms with Crippen molar-refractivity contribution < 1.29 is 13.9 Å². The second-order valence-corrected chi connectivity index (χ2v) is 4.32. The molecular formula is C14H11ClFNO2. The highest BCUT2D eigenvalue weighted by Gasteiger charge is 2.14. The lowest BCUT2D eigenvalue weighted by Gasteiger charge is -2.06. The van der Waals surface area contributed by atoms with Crippen LogP contribution in [0.2, 0.25) is 5.02 Å². The topological polar surface area (TPSA) is 39.2 Å². The minimum absolute atomic E-state index is 0.0372. The van der Waals surface area contributed by atoms with Crippen LogP contribution in [0.5, 0.6) is 5.88 Å². The Labute approximate surface area is 115 Å². The van der Waals surface area contributed by atoms with Crippen molar-refractivity contribution in [2.45, 2.75) is 6.42 Å². The first-order chi connectivity index (χ1) is 9.11. The predicted octanol–water partition coefficient (Wildman–Crippen LogP) is 3.31. The van der Waals surface area contributed by atoms with E-state index < -0.39 is 5.82 Å². The van der Waals surface area contributed by atoms with Gasteiger partial charge in [0.15, 0.2) is 5.78 Å². The molecule has 0 atom stereocenters. The highest BCUT2D eigenvalue weighted by atomic mass is 35.5. The molecule has 0 bridgehead atoms. The molecule has 0 aliphatic heterocycles. The van der Waals surface area contributed by atoms with E-state index in [1.54, 1.807) is 18.2 Å². The van der Waals surface area contributed by atoms with Gasteiger partial charge in [-0.15, -0.1) is 0 Å². The van der Waals surface area contributed by atoms with E-state index in [0.717, 1.165) is 0 Å². The van der Waals surface area contributed by atoms with Gasteiger partial charge in [0.05, 0.1) is 17.7 Å². The van der Waals surface area contributed by atoms with Crippen LogP contribution in [0.15, 0.2) is 36.5 Å². The Balaban J connectivity index is 2.23. The molecule has 3 nitrogen and oxygen atoms in total. The first-order valence-corrected chi connectivity index (χ1v) is 5.95. The van der Waals surface area contributed by atoms with Crippen molar-refractivity contribution in [1.29, 1.82) is 0 Å². The summed E-state index contributed by atoms with van der Waals surface area (Å²) >= 11 is 5.59. The van der Waals surface area contributed by atoms with Crippen LogP contribution in [0, 0.1) is 5.82 Å². The molecule has 0 radical (unpaired) electrons. The average molecular weight is 280 g/mol. The number of ketones is 1. The van der Waals surface area contributed by atoms with Gasteiger partial charge in [-0.3, -0.25) is 4.79 Å². The van der Waals surface area contributed by atoms with Crippen molar-refractivity contribution in [3.63, 3.8) is 0 Å². The van der Waals surface area contributed by atoms with Gasteiger partial charge in [-0.2, -0.15) is 0 Å². The van der Waals surface area contributed by atoms with Gasteiger partial charge in [-0.05, 0) is 29.8 Å². The summed E-state index contributed by atoms with van der Waals surface area (Å²) in [5.74, 6) is -0.460. The first kappa shape index (κ1) is 13.5. The van der Waals surface area contributed by atoms with Gasteiger partial charge in [0.2, 0.25) is 5.88 Å². The number of pyridine rings is 1. The minimum atomic E-state index is -0.537. The third-order valence-electron chi connectivity index (χ3n) is 2.61. The van der Waals surface area contributed by atoms with Crippen molar-refractivity contribution in [3.8, 4) is 5.88 Å². The number of methoxy groups -OCH3 is 1. The van der Waals surface area contributed by atoms with E-state index in [0.29, 0.717) is 11.1 Å². The molecule has 0 N–H and O–H groups in total. The normalized spacial score (nSPS) is 10.3. The molecule has 1 aromatic heterocycles. The number of carbonyl (C=O) groups excluding carboxylic acids is 1. The quantitative estimate of drug-likeness (QED) is 0.806. The summed E-state index contributed by atoms with van der Waals surface area (Å²) in [6, 6.07) is 7.58. The van der Waals surface area contributed by atoms with Gasteiger partial charge < -0.3 is 4.74 Å². The van der Waals surface area contributed by atoms with Crippen molar-refractivity contribution >= 4 is 17.4 Å². The molecule has 0 saturated carbocycles. The number of ether oxygens (including phenoxy) is 1. The Morgan fingerprint density at radius 3 is 2.89 bits per heavy atom. The van der Waals surface area contributed by atoms with Crippen LogP contribution >= 0.6 is 11.6 Å². The Bertz CT molecular complexity index is 616. The summed E-state index contributed by atoms with van der Waals surface area (Å²) in [5, 5.41) is 0.0372. The number of nitrogens with zero attached hydrogens (tertiary/aromatic N) is 1. The van der Waals surface area contributed by atoms with E-state index in [-0.39, 0.29) is 23.1 Å². The molecule has 0 aliphatic rings. The summed E-state index contributed by atoms with van der Waals surface area (Å²) in [5.41, 5.74) is 0.929. The second-order valence-electron chi connectivity index (χ2n) is 3.91. The van der Waals surface area contributed by atoms with Crippen molar-refractivity contribution in [3.05, 3.63) is 58.5 Å². The first-order valence-electron chi connectivity index (χ1n) is 5.58. The molecule has 0 amide bonds. The second kappa shape index (κ2) is 5.80. The fourth-order valence-electron chi connectivity index (χ4n) is 1.70. The number of aromatic nitrogens is 1. The lowest BCUT2D eigenvalue weighted by Crippen LogP contribution is -2.07. The van der Waals surface area contributed by atoms with Crippen LogP contribution in [0.3, 0.4) is 0 Å². The highest BCUT2D eigenvalue weighted by molar-refractivity contribution is 6.30. The molecule has 0 aliphatic carbocycles. The molecule has 0 spiro atoms. The maximum Gasteiger partial charge on any atom is 0.224 e. The van der Waals surface area contributed by atoms with E-state index in [9.17, 15) is 9.18 Å². The van der Waals surface area contributed by atoms with E-state index in [4.69, 9.17) is 16.3 Å². The van der Waals surface area contributed by atoms with Gasteiger partial charge in [0.1, 0.15) is 5.82 Å². The van der Waals surface area contributed by atoms with Crippen LogP contribution in [-0.2, 0) is 6.42 Å². The SMILES string of the molecule is COc1ncccc1C(=O)Cc1ccc(Cl)c(F)c1. The number of rotatable bonds is 4. The van der Waals surface area contributed by atoms with Gasteiger partial charge in [0, 0.05) is 12.6 Å². The largest absolute Gasteiger partial charge is 0.480 e. The van der Waals surface area contributed by atoms with E-state index >= 15 is 0 Å². The Hall–Kier alpha value is -1.94. The van der Waals surface area contributed by atoms with Gasteiger partial charge in [-0.1, -0.05) is 17.7 Å². The summed E-state index contributed by atoms with van der Waals surface area (Å²) in [6.45, 7) is 0. The summed E-state index contributed by atoms with van der Waals surface area (Å²) in [6.07, 6.45) is 1.60. The smallest absolute Gasteiger partial charge is 0.224 e. The van der Waals surface area contributed by atoms with E-state index in [1.807, 2.05) is 0 Å². The number of halogens is 2. The predicted molar refractivity (Wildman–Crippen MR) is 70.2 cm³/mol. The number of hydrogen-bond donors (Lipinski definition) is 0. The molecule has 0 fully saturated rings. The monoisotopic (exact) mass is 279 g/mol. The van der Waals surface area contributed by atoms with E-state index in [2.05, 4.69) is 4.98 Å². The van der Waals surface area contributed by atoms with Crippen molar-refractivity contribution in [2.24, 2.45) is 0 Å². The molecule has 0 unspecified atom stereocenters. The maximum absolute atomic E-state index is 13.3. The van der Waals surface area contributed by atoms with Gasteiger partial charge in [0.25, 0.3) is 0 Å². The summed E-state index contributed by atoms with van der Waals surface area (Å²) in [7, 11) is 1.45. The number of carbonyl (C=O) groups is 1. The molecule has 98 valence electrons. The van der Waals surface area contributed by atoms with Crippen LogP contribution in [0.1, 0.15) is 15.9 Å². The van der Waals surface area contributed by atoms with E-state index in [1.165, 1.54) is 25.4 Å². The van der Waals surface area contributed by atoms with Crippen LogP contribution in [0.4, 0.5) is 4.39 Å². The zero-order chi connectivity index (χ0) is 13.8. The Kier molecular flexibility index (Phi) is 4.12. The Morgan fingerprint density at radius 2 is 2.21 bits per heavy atom. The standard InChI is InChI=1S/C14H11ClFNO2/c1-19-14-10(3-2-6-17-14)13(18)8-9-4-5-11(15)12(16)7-9/h2-7H,8H2,1H3. The fourth-order valence-corrected chi connectivity index (χ4v) is 1.81. The molecular weight excluding hydrogens is 269 g/mol. The average Bonchev–Trinajstić information content (AvgIpc) is 2.43.